The van der Waals surface area contributed by atoms with Crippen LogP contribution in [0.15, 0.2) is 77.2 Å². The van der Waals surface area contributed by atoms with Gasteiger partial charge in [0.25, 0.3) is 0 Å². The van der Waals surface area contributed by atoms with Crippen LogP contribution < -0.4 is 9.47 Å². The van der Waals surface area contributed by atoms with Gasteiger partial charge < -0.3 is 9.47 Å². The molecule has 0 fully saturated rings. The summed E-state index contributed by atoms with van der Waals surface area (Å²) in [6.07, 6.45) is 19.2. The van der Waals surface area contributed by atoms with Crippen molar-refractivity contribution in [2.24, 2.45) is 10.2 Å². The number of esters is 1. The second kappa shape index (κ2) is 17.9. The monoisotopic (exact) mass is 529 g/mol. The lowest BCUT2D eigenvalue weighted by Gasteiger charge is -2.09. The van der Waals surface area contributed by atoms with Gasteiger partial charge in [0.1, 0.15) is 11.5 Å². The summed E-state index contributed by atoms with van der Waals surface area (Å²) in [5.74, 6) is 0.863. The molecule has 0 radical (unpaired) electrons. The number of nitrogens with zero attached hydrogens (tertiary/aromatic N) is 3. The average Bonchev–Trinajstić information content (AvgIpc) is 2.96. The van der Waals surface area contributed by atoms with Gasteiger partial charge in [-0.05, 0) is 73.5 Å². The first-order valence-electron chi connectivity index (χ1n) is 14.5. The molecule has 6 nitrogen and oxygen atoms in total. The summed E-state index contributed by atoms with van der Waals surface area (Å²) in [7, 11) is 0. The zero-order valence-corrected chi connectivity index (χ0v) is 23.6. The van der Waals surface area contributed by atoms with Crippen molar-refractivity contribution in [1.82, 2.24) is 4.98 Å². The first kappa shape index (κ1) is 30.0. The molecular weight excluding hydrogens is 486 g/mol. The van der Waals surface area contributed by atoms with Crippen molar-refractivity contribution in [3.8, 4) is 11.5 Å². The highest BCUT2D eigenvalue weighted by molar-refractivity contribution is 5.91. The Morgan fingerprint density at radius 1 is 0.718 bits per heavy atom. The summed E-state index contributed by atoms with van der Waals surface area (Å²) in [5.41, 5.74) is 2.68. The Bertz CT molecular complexity index is 1130. The maximum absolute atomic E-state index is 12.6. The third-order valence-corrected chi connectivity index (χ3v) is 6.66. The zero-order chi connectivity index (χ0) is 27.5. The van der Waals surface area contributed by atoms with Crippen LogP contribution in [0.25, 0.3) is 0 Å². The molecule has 0 unspecified atom stereocenters. The van der Waals surface area contributed by atoms with E-state index in [1.54, 1.807) is 48.8 Å². The summed E-state index contributed by atoms with van der Waals surface area (Å²) in [4.78, 5) is 16.6. The van der Waals surface area contributed by atoms with E-state index in [2.05, 4.69) is 22.1 Å². The molecule has 0 aliphatic rings. The molecule has 3 rings (SSSR count). The minimum absolute atomic E-state index is 0.406. The average molecular weight is 530 g/mol. The minimum Gasteiger partial charge on any atom is -0.494 e. The van der Waals surface area contributed by atoms with E-state index in [0.29, 0.717) is 23.6 Å². The first-order valence-corrected chi connectivity index (χ1v) is 14.5. The number of carbonyl (C=O) groups is 1. The standard InChI is InChI=1S/C33H43N3O3/c1-3-4-5-6-7-8-9-10-11-12-13-14-25-38-31-18-15-28(16-19-31)33(37)39-32-20-17-30(26-27(32)2)36-35-29-21-23-34-24-22-29/h15-24,26H,3-14,25H2,1-2H3. The molecule has 0 amide bonds. The highest BCUT2D eigenvalue weighted by Crippen LogP contribution is 2.26. The van der Waals surface area contributed by atoms with Crippen LogP contribution >= 0.6 is 0 Å². The van der Waals surface area contributed by atoms with E-state index >= 15 is 0 Å². The number of benzene rings is 2. The van der Waals surface area contributed by atoms with Crippen LogP contribution in [0.4, 0.5) is 11.4 Å². The topological polar surface area (TPSA) is 73.1 Å². The van der Waals surface area contributed by atoms with E-state index in [0.717, 1.165) is 23.4 Å². The highest BCUT2D eigenvalue weighted by atomic mass is 16.5. The van der Waals surface area contributed by atoms with Gasteiger partial charge >= 0.3 is 5.97 Å². The van der Waals surface area contributed by atoms with Gasteiger partial charge in [-0.1, -0.05) is 77.6 Å². The SMILES string of the molecule is CCCCCCCCCCCCCCOc1ccc(C(=O)Oc2ccc(N=Nc3ccncc3)cc2C)cc1. The summed E-state index contributed by atoms with van der Waals surface area (Å²) < 4.78 is 11.5. The number of ether oxygens (including phenoxy) is 2. The zero-order valence-electron chi connectivity index (χ0n) is 23.6. The lowest BCUT2D eigenvalue weighted by Crippen LogP contribution is -2.09. The molecule has 0 aliphatic heterocycles. The van der Waals surface area contributed by atoms with Crippen LogP contribution in [0, 0.1) is 6.92 Å². The van der Waals surface area contributed by atoms with Gasteiger partial charge in [0.15, 0.2) is 0 Å². The minimum atomic E-state index is -0.406. The summed E-state index contributed by atoms with van der Waals surface area (Å²) in [5, 5.41) is 8.42. The third-order valence-electron chi connectivity index (χ3n) is 6.66. The number of rotatable bonds is 18. The van der Waals surface area contributed by atoms with Gasteiger partial charge in [-0.2, -0.15) is 10.2 Å². The molecule has 1 aromatic heterocycles. The fourth-order valence-corrected chi connectivity index (χ4v) is 4.32. The number of pyridine rings is 1. The van der Waals surface area contributed by atoms with Crippen molar-refractivity contribution in [2.45, 2.75) is 90.9 Å². The van der Waals surface area contributed by atoms with Gasteiger partial charge in [-0.25, -0.2) is 4.79 Å². The fourth-order valence-electron chi connectivity index (χ4n) is 4.32. The number of carbonyl (C=O) groups excluding carboxylic acids is 1. The molecule has 0 bridgehead atoms. The van der Waals surface area contributed by atoms with Crippen LogP contribution in [0.2, 0.25) is 0 Å². The Morgan fingerprint density at radius 3 is 1.92 bits per heavy atom. The lowest BCUT2D eigenvalue weighted by molar-refractivity contribution is 0.0733. The van der Waals surface area contributed by atoms with Crippen molar-refractivity contribution in [2.75, 3.05) is 6.61 Å². The first-order chi connectivity index (χ1) is 19.2. The predicted molar refractivity (Wildman–Crippen MR) is 158 cm³/mol. The van der Waals surface area contributed by atoms with E-state index in [9.17, 15) is 4.79 Å². The summed E-state index contributed by atoms with van der Waals surface area (Å²) >= 11 is 0. The highest BCUT2D eigenvalue weighted by Gasteiger charge is 2.11. The molecule has 6 heteroatoms. The molecule has 2 aromatic carbocycles. The van der Waals surface area contributed by atoms with Gasteiger partial charge in [0, 0.05) is 12.4 Å². The Balaban J connectivity index is 1.31. The van der Waals surface area contributed by atoms with Crippen LogP contribution in [0.1, 0.15) is 99.9 Å². The maximum Gasteiger partial charge on any atom is 0.343 e. The number of aryl methyl sites for hydroxylation is 1. The van der Waals surface area contributed by atoms with E-state index in [-0.39, 0.29) is 0 Å². The Kier molecular flexibility index (Phi) is 13.8. The van der Waals surface area contributed by atoms with Crippen molar-refractivity contribution in [3.05, 3.63) is 78.1 Å². The van der Waals surface area contributed by atoms with Crippen LogP contribution in [-0.2, 0) is 0 Å². The van der Waals surface area contributed by atoms with Crippen molar-refractivity contribution in [1.29, 1.82) is 0 Å². The van der Waals surface area contributed by atoms with Crippen LogP contribution in [0.5, 0.6) is 11.5 Å². The van der Waals surface area contributed by atoms with E-state index in [1.165, 1.54) is 70.6 Å². The van der Waals surface area contributed by atoms with E-state index < -0.39 is 5.97 Å². The van der Waals surface area contributed by atoms with Crippen LogP contribution in [-0.4, -0.2) is 17.6 Å². The molecule has 0 atom stereocenters. The Hall–Kier alpha value is -3.54. The van der Waals surface area contributed by atoms with Gasteiger partial charge in [-0.15, -0.1) is 0 Å². The van der Waals surface area contributed by atoms with Crippen LogP contribution in [0.3, 0.4) is 0 Å². The molecule has 208 valence electrons. The maximum atomic E-state index is 12.6. The third kappa shape index (κ3) is 11.8. The molecule has 39 heavy (non-hydrogen) atoms. The molecule has 0 spiro atoms. The van der Waals surface area contributed by atoms with E-state index in [1.807, 2.05) is 25.1 Å². The number of hydrogen-bond donors (Lipinski definition) is 0. The lowest BCUT2D eigenvalue weighted by atomic mass is 10.1. The molecule has 3 aromatic rings. The largest absolute Gasteiger partial charge is 0.494 e. The number of azo groups is 1. The molecule has 0 saturated heterocycles. The number of hydrogen-bond acceptors (Lipinski definition) is 6. The molecular formula is C33H43N3O3. The van der Waals surface area contributed by atoms with Gasteiger partial charge in [0.05, 0.1) is 23.5 Å². The second-order valence-electron chi connectivity index (χ2n) is 10.0. The molecule has 0 aliphatic carbocycles. The Morgan fingerprint density at radius 2 is 1.31 bits per heavy atom. The smallest absolute Gasteiger partial charge is 0.343 e. The molecule has 0 N–H and O–H groups in total. The molecule has 0 saturated carbocycles. The fraction of sp³-hybridized carbons (Fsp3) is 0.455. The van der Waals surface area contributed by atoms with Gasteiger partial charge in [-0.3, -0.25) is 4.98 Å². The predicted octanol–water partition coefficient (Wildman–Crippen LogP) is 10.1. The summed E-state index contributed by atoms with van der Waals surface area (Å²) in [6, 6.07) is 16.0. The number of unbranched alkanes of at least 4 members (excludes halogenated alkanes) is 11. The van der Waals surface area contributed by atoms with Crippen molar-refractivity contribution in [3.63, 3.8) is 0 Å². The van der Waals surface area contributed by atoms with Crippen molar-refractivity contribution >= 4 is 17.3 Å². The van der Waals surface area contributed by atoms with Crippen molar-refractivity contribution < 1.29 is 14.3 Å². The molecule has 1 heterocycles. The Labute approximate surface area is 233 Å². The van der Waals surface area contributed by atoms with E-state index in [4.69, 9.17) is 9.47 Å². The van der Waals surface area contributed by atoms with Gasteiger partial charge in [0.2, 0.25) is 0 Å². The summed E-state index contributed by atoms with van der Waals surface area (Å²) in [6.45, 7) is 4.84. The number of aromatic nitrogens is 1. The normalized spacial score (nSPS) is 11.1. The quantitative estimate of drug-likeness (QED) is 0.0711. The second-order valence-corrected chi connectivity index (χ2v) is 10.0.